The third-order valence-electron chi connectivity index (χ3n) is 5.46. The zero-order valence-electron chi connectivity index (χ0n) is 13.1. The van der Waals surface area contributed by atoms with Gasteiger partial charge in [-0.1, -0.05) is 6.07 Å². The number of amides is 1. The summed E-state index contributed by atoms with van der Waals surface area (Å²) >= 11 is 1.82. The van der Waals surface area contributed by atoms with Gasteiger partial charge in [-0.05, 0) is 42.3 Å². The summed E-state index contributed by atoms with van der Waals surface area (Å²) in [6.45, 7) is 4.00. The van der Waals surface area contributed by atoms with Crippen molar-refractivity contribution >= 4 is 17.2 Å². The first-order chi connectivity index (χ1) is 11.3. The minimum absolute atomic E-state index is 0.237. The van der Waals surface area contributed by atoms with E-state index >= 15 is 0 Å². The average Bonchev–Trinajstić information content (AvgIpc) is 2.99. The predicted octanol–water partition coefficient (Wildman–Crippen LogP) is 2.84. The number of fused-ring (bicyclic) bond motifs is 3. The first-order valence-corrected chi connectivity index (χ1v) is 9.40. The quantitative estimate of drug-likeness (QED) is 0.864. The van der Waals surface area contributed by atoms with Crippen molar-refractivity contribution in [2.45, 2.75) is 31.5 Å². The van der Waals surface area contributed by atoms with Gasteiger partial charge in [0.05, 0.1) is 12.1 Å². The van der Waals surface area contributed by atoms with E-state index in [1.165, 1.54) is 17.7 Å². The second-order valence-corrected chi connectivity index (χ2v) is 8.14. The fourth-order valence-corrected chi connectivity index (χ4v) is 4.88. The van der Waals surface area contributed by atoms with Gasteiger partial charge in [0.2, 0.25) is 0 Å². The lowest BCUT2D eigenvalue weighted by Crippen LogP contribution is -2.51. The zero-order chi connectivity index (χ0) is 15.4. The molecule has 0 bridgehead atoms. The second kappa shape index (κ2) is 5.21. The molecular formula is C18H21N3OS. The molecule has 2 fully saturated rings. The molecule has 5 rings (SSSR count). The van der Waals surface area contributed by atoms with Crippen LogP contribution in [-0.2, 0) is 6.54 Å². The van der Waals surface area contributed by atoms with E-state index in [9.17, 15) is 4.79 Å². The fraction of sp³-hybridized carbons (Fsp3) is 0.500. The molecule has 23 heavy (non-hydrogen) atoms. The van der Waals surface area contributed by atoms with Crippen LogP contribution < -0.4 is 0 Å². The number of aromatic nitrogens is 1. The van der Waals surface area contributed by atoms with Crippen molar-refractivity contribution in [2.24, 2.45) is 5.92 Å². The fourth-order valence-electron chi connectivity index (χ4n) is 4.14. The van der Waals surface area contributed by atoms with Crippen molar-refractivity contribution < 1.29 is 4.79 Å². The zero-order valence-corrected chi connectivity index (χ0v) is 13.9. The highest BCUT2D eigenvalue weighted by atomic mass is 32.1. The first kappa shape index (κ1) is 13.8. The van der Waals surface area contributed by atoms with Crippen LogP contribution in [0.5, 0.6) is 0 Å². The van der Waals surface area contributed by atoms with Crippen LogP contribution in [0.3, 0.4) is 0 Å². The van der Waals surface area contributed by atoms with Gasteiger partial charge in [0.1, 0.15) is 5.69 Å². The maximum atomic E-state index is 12.9. The minimum Gasteiger partial charge on any atom is -0.337 e. The Labute approximate surface area is 140 Å². The number of nitrogens with zero attached hydrogens (tertiary/aromatic N) is 3. The van der Waals surface area contributed by atoms with Crippen LogP contribution in [0.15, 0.2) is 35.8 Å². The Morgan fingerprint density at radius 1 is 1.13 bits per heavy atom. The number of likely N-dealkylation sites (tertiary alicyclic amines) is 1. The molecule has 2 atom stereocenters. The summed E-state index contributed by atoms with van der Waals surface area (Å²) < 4.78 is 2.23. The van der Waals surface area contributed by atoms with E-state index in [2.05, 4.69) is 38.1 Å². The summed E-state index contributed by atoms with van der Waals surface area (Å²) in [7, 11) is 0. The van der Waals surface area contributed by atoms with Crippen LogP contribution >= 0.6 is 11.3 Å². The van der Waals surface area contributed by atoms with Gasteiger partial charge in [0.15, 0.2) is 0 Å². The molecule has 0 spiro atoms. The predicted molar refractivity (Wildman–Crippen MR) is 90.6 cm³/mol. The highest BCUT2D eigenvalue weighted by molar-refractivity contribution is 7.09. The van der Waals surface area contributed by atoms with E-state index in [1.807, 2.05) is 23.5 Å². The smallest absolute Gasteiger partial charge is 0.270 e. The van der Waals surface area contributed by atoms with E-state index in [0.29, 0.717) is 12.1 Å². The number of rotatable bonds is 4. The van der Waals surface area contributed by atoms with Crippen molar-refractivity contribution in [3.05, 3.63) is 46.4 Å². The van der Waals surface area contributed by atoms with E-state index in [4.69, 9.17) is 0 Å². The van der Waals surface area contributed by atoms with Gasteiger partial charge in [-0.3, -0.25) is 9.69 Å². The molecule has 4 heterocycles. The van der Waals surface area contributed by atoms with Gasteiger partial charge in [-0.25, -0.2) is 0 Å². The molecule has 1 aliphatic carbocycles. The Bertz CT molecular complexity index is 718. The highest BCUT2D eigenvalue weighted by Gasteiger charge is 2.46. The summed E-state index contributed by atoms with van der Waals surface area (Å²) in [5.41, 5.74) is 0.880. The molecule has 2 aromatic heterocycles. The van der Waals surface area contributed by atoms with Crippen molar-refractivity contribution in [2.75, 3.05) is 19.6 Å². The lowest BCUT2D eigenvalue weighted by atomic mass is 10.1. The van der Waals surface area contributed by atoms with Crippen molar-refractivity contribution in [3.63, 3.8) is 0 Å². The monoisotopic (exact) mass is 327 g/mol. The Kier molecular flexibility index (Phi) is 3.13. The molecule has 3 aliphatic rings. The van der Waals surface area contributed by atoms with Crippen LogP contribution in [0, 0.1) is 5.92 Å². The molecule has 5 heteroatoms. The standard InChI is InChI=1S/C18H21N3OS/c22-18-15-4-1-7-20(15)16-11-19(10-14-3-2-8-23-14)12-17(16)21(18)9-13-5-6-13/h1-4,7-8,13,16-17H,5-6,9-12H2/t16-,17+/m0/s1. The average molecular weight is 327 g/mol. The van der Waals surface area contributed by atoms with Gasteiger partial charge in [0.25, 0.3) is 5.91 Å². The number of thiophene rings is 1. The van der Waals surface area contributed by atoms with Crippen molar-refractivity contribution in [1.29, 1.82) is 0 Å². The summed E-state index contributed by atoms with van der Waals surface area (Å²) in [6.07, 6.45) is 4.68. The van der Waals surface area contributed by atoms with Gasteiger partial charge < -0.3 is 9.47 Å². The van der Waals surface area contributed by atoms with Crippen LogP contribution in [-0.4, -0.2) is 46.0 Å². The number of hydrogen-bond acceptors (Lipinski definition) is 3. The molecule has 0 N–H and O–H groups in total. The number of hydrogen-bond donors (Lipinski definition) is 0. The number of carbonyl (C=O) groups excluding carboxylic acids is 1. The third kappa shape index (κ3) is 2.34. The molecule has 2 aromatic rings. The molecule has 1 saturated heterocycles. The molecule has 120 valence electrons. The second-order valence-electron chi connectivity index (χ2n) is 7.11. The summed E-state index contributed by atoms with van der Waals surface area (Å²) in [4.78, 5) is 19.0. The van der Waals surface area contributed by atoms with Crippen LogP contribution in [0.4, 0.5) is 0 Å². The SMILES string of the molecule is O=C1c2cccn2[C@H]2CN(Cc3cccs3)C[C@H]2N1CC1CC1. The molecule has 0 radical (unpaired) electrons. The Hall–Kier alpha value is -1.59. The summed E-state index contributed by atoms with van der Waals surface area (Å²) in [5.74, 6) is 0.980. The van der Waals surface area contributed by atoms with E-state index in [1.54, 1.807) is 0 Å². The van der Waals surface area contributed by atoms with E-state index in [0.717, 1.165) is 37.8 Å². The van der Waals surface area contributed by atoms with Crippen LogP contribution in [0.2, 0.25) is 0 Å². The molecule has 1 amide bonds. The lowest BCUT2D eigenvalue weighted by molar-refractivity contribution is 0.0565. The topological polar surface area (TPSA) is 28.5 Å². The molecule has 1 saturated carbocycles. The van der Waals surface area contributed by atoms with Crippen molar-refractivity contribution in [3.8, 4) is 0 Å². The largest absolute Gasteiger partial charge is 0.337 e. The van der Waals surface area contributed by atoms with Gasteiger partial charge in [-0.15, -0.1) is 11.3 Å². The molecule has 0 aromatic carbocycles. The van der Waals surface area contributed by atoms with Crippen LogP contribution in [0.25, 0.3) is 0 Å². The highest BCUT2D eigenvalue weighted by Crippen LogP contribution is 2.38. The summed E-state index contributed by atoms with van der Waals surface area (Å²) in [5, 5.41) is 2.14. The first-order valence-electron chi connectivity index (χ1n) is 8.52. The van der Waals surface area contributed by atoms with Gasteiger partial charge in [0, 0.05) is 37.3 Å². The van der Waals surface area contributed by atoms with Gasteiger partial charge >= 0.3 is 0 Å². The Morgan fingerprint density at radius 3 is 2.78 bits per heavy atom. The minimum atomic E-state index is 0.237. The van der Waals surface area contributed by atoms with Gasteiger partial charge in [-0.2, -0.15) is 0 Å². The van der Waals surface area contributed by atoms with Crippen LogP contribution in [0.1, 0.15) is 34.2 Å². The van der Waals surface area contributed by atoms with Crippen molar-refractivity contribution in [1.82, 2.24) is 14.4 Å². The summed E-state index contributed by atoms with van der Waals surface area (Å²) in [6, 6.07) is 9.09. The lowest BCUT2D eigenvalue weighted by Gasteiger charge is -2.38. The molecule has 4 nitrogen and oxygen atoms in total. The Balaban J connectivity index is 1.43. The number of carbonyl (C=O) groups is 1. The molecule has 0 unspecified atom stereocenters. The molecule has 2 aliphatic heterocycles. The Morgan fingerprint density at radius 2 is 2.00 bits per heavy atom. The van der Waals surface area contributed by atoms with E-state index in [-0.39, 0.29) is 5.91 Å². The normalized spacial score (nSPS) is 27.3. The maximum absolute atomic E-state index is 12.9. The van der Waals surface area contributed by atoms with E-state index < -0.39 is 0 Å². The maximum Gasteiger partial charge on any atom is 0.270 e. The molecular weight excluding hydrogens is 306 g/mol. The third-order valence-corrected chi connectivity index (χ3v) is 6.32.